The Morgan fingerprint density at radius 1 is 1.27 bits per heavy atom. The van der Waals surface area contributed by atoms with Crippen molar-refractivity contribution < 1.29 is 31.5 Å². The van der Waals surface area contributed by atoms with Gasteiger partial charge < -0.3 is 9.47 Å². The zero-order valence-electron chi connectivity index (χ0n) is 17.9. The summed E-state index contributed by atoms with van der Waals surface area (Å²) in [5.74, 6) is -0.312. The number of halogens is 2. The van der Waals surface area contributed by atoms with Gasteiger partial charge in [-0.05, 0) is 55.3 Å². The summed E-state index contributed by atoms with van der Waals surface area (Å²) in [4.78, 5) is 17.0. The Balaban J connectivity index is 1.56. The number of pyridine rings is 1. The van der Waals surface area contributed by atoms with E-state index in [1.807, 2.05) is 13.0 Å². The van der Waals surface area contributed by atoms with Gasteiger partial charge >= 0.3 is 6.61 Å². The second-order valence-corrected chi connectivity index (χ2v) is 9.90. The number of rotatable bonds is 7. The first-order valence-electron chi connectivity index (χ1n) is 10.1. The van der Waals surface area contributed by atoms with Crippen LogP contribution in [0.2, 0.25) is 0 Å². The SMILES string of the molecule is COc1cc(C(=O)/C=C/c2cnc3c(c2)c(C)nn3[C@@H]2CCS(=O)(=O)C2)ccc1OC(F)F. The maximum Gasteiger partial charge on any atom is 0.387 e. The average molecular weight is 477 g/mol. The van der Waals surface area contributed by atoms with Gasteiger partial charge in [-0.2, -0.15) is 13.9 Å². The highest BCUT2D eigenvalue weighted by atomic mass is 32.2. The molecule has 1 aliphatic rings. The van der Waals surface area contributed by atoms with E-state index in [1.54, 1.807) is 17.0 Å². The maximum absolute atomic E-state index is 12.6. The fraction of sp³-hybridized carbons (Fsp3) is 0.318. The number of benzene rings is 1. The van der Waals surface area contributed by atoms with Crippen LogP contribution in [-0.4, -0.2) is 54.2 Å². The Bertz CT molecular complexity index is 1350. The van der Waals surface area contributed by atoms with E-state index in [0.29, 0.717) is 23.3 Å². The third kappa shape index (κ3) is 4.87. The summed E-state index contributed by atoms with van der Waals surface area (Å²) in [7, 11) is -1.77. The third-order valence-electron chi connectivity index (χ3n) is 5.40. The van der Waals surface area contributed by atoms with Gasteiger partial charge in [0.25, 0.3) is 0 Å². The van der Waals surface area contributed by atoms with Crippen molar-refractivity contribution in [2.75, 3.05) is 18.6 Å². The summed E-state index contributed by atoms with van der Waals surface area (Å²) >= 11 is 0. The molecule has 33 heavy (non-hydrogen) atoms. The van der Waals surface area contributed by atoms with Crippen LogP contribution in [0.5, 0.6) is 11.5 Å². The number of alkyl halides is 2. The third-order valence-corrected chi connectivity index (χ3v) is 7.15. The highest BCUT2D eigenvalue weighted by Gasteiger charge is 2.31. The van der Waals surface area contributed by atoms with Gasteiger partial charge in [0.1, 0.15) is 0 Å². The topological polar surface area (TPSA) is 100 Å². The molecule has 1 aliphatic heterocycles. The number of carbonyl (C=O) groups excluding carboxylic acids is 1. The van der Waals surface area contributed by atoms with E-state index in [2.05, 4.69) is 14.8 Å². The first kappa shape index (κ1) is 22.8. The zero-order chi connectivity index (χ0) is 23.8. The molecule has 0 radical (unpaired) electrons. The molecule has 1 atom stereocenters. The molecule has 0 amide bonds. The van der Waals surface area contributed by atoms with E-state index in [-0.39, 0.29) is 40.4 Å². The lowest BCUT2D eigenvalue weighted by atomic mass is 10.1. The number of sulfone groups is 1. The molecule has 0 unspecified atom stereocenters. The van der Waals surface area contributed by atoms with Crippen LogP contribution in [0.25, 0.3) is 17.1 Å². The van der Waals surface area contributed by atoms with Crippen LogP contribution in [0, 0.1) is 6.92 Å². The lowest BCUT2D eigenvalue weighted by Crippen LogP contribution is -2.13. The first-order chi connectivity index (χ1) is 15.7. The van der Waals surface area contributed by atoms with E-state index in [4.69, 9.17) is 4.74 Å². The normalized spacial score (nSPS) is 17.8. The molecule has 0 spiro atoms. The molecule has 11 heteroatoms. The number of ketones is 1. The van der Waals surface area contributed by atoms with Crippen LogP contribution < -0.4 is 9.47 Å². The Morgan fingerprint density at radius 3 is 2.73 bits per heavy atom. The Kier molecular flexibility index (Phi) is 6.15. The molecule has 1 saturated heterocycles. The van der Waals surface area contributed by atoms with Crippen LogP contribution in [0.4, 0.5) is 8.78 Å². The molecule has 4 rings (SSSR count). The van der Waals surface area contributed by atoms with Gasteiger partial charge in [0.15, 0.2) is 32.8 Å². The van der Waals surface area contributed by atoms with E-state index in [0.717, 1.165) is 5.39 Å². The molecule has 8 nitrogen and oxygen atoms in total. The fourth-order valence-corrected chi connectivity index (χ4v) is 5.47. The summed E-state index contributed by atoms with van der Waals surface area (Å²) in [6.45, 7) is -1.19. The zero-order valence-corrected chi connectivity index (χ0v) is 18.7. The van der Waals surface area contributed by atoms with Crippen LogP contribution in [0.3, 0.4) is 0 Å². The van der Waals surface area contributed by atoms with Crippen molar-refractivity contribution >= 4 is 32.7 Å². The van der Waals surface area contributed by atoms with Crippen LogP contribution in [0.15, 0.2) is 36.5 Å². The molecule has 3 heterocycles. The second-order valence-electron chi connectivity index (χ2n) is 7.67. The van der Waals surface area contributed by atoms with Gasteiger partial charge in [0.05, 0.1) is 30.4 Å². The number of allylic oxidation sites excluding steroid dienone is 1. The summed E-state index contributed by atoms with van der Waals surface area (Å²) < 4.78 is 59.7. The monoisotopic (exact) mass is 477 g/mol. The van der Waals surface area contributed by atoms with Crippen LogP contribution in [0.1, 0.15) is 34.1 Å². The highest BCUT2D eigenvalue weighted by molar-refractivity contribution is 7.91. The minimum Gasteiger partial charge on any atom is -0.493 e. The molecule has 2 aromatic heterocycles. The molecule has 1 aromatic carbocycles. The molecule has 3 aromatic rings. The summed E-state index contributed by atoms with van der Waals surface area (Å²) in [5.41, 5.74) is 2.20. The van der Waals surface area contributed by atoms with Gasteiger partial charge in [0.2, 0.25) is 0 Å². The highest BCUT2D eigenvalue weighted by Crippen LogP contribution is 2.30. The Morgan fingerprint density at radius 2 is 2.06 bits per heavy atom. The number of ether oxygens (including phenoxy) is 2. The summed E-state index contributed by atoms with van der Waals surface area (Å²) in [5, 5.41) is 5.26. The predicted molar refractivity (Wildman–Crippen MR) is 118 cm³/mol. The number of hydrogen-bond acceptors (Lipinski definition) is 7. The Hall–Kier alpha value is -3.34. The molecular weight excluding hydrogens is 456 g/mol. The van der Waals surface area contributed by atoms with E-state index < -0.39 is 16.4 Å². The van der Waals surface area contributed by atoms with Gasteiger partial charge in [-0.15, -0.1) is 0 Å². The standard InChI is InChI=1S/C22H21F2N3O5S/c1-13-17-9-14(11-25-21(17)27(26-13)16-7-8-33(29,30)12-16)3-5-18(28)15-4-6-19(32-22(23)24)20(10-15)31-2/h3-6,9-11,16,22H,7-8,12H2,1-2H3/b5-3+/t16-/m1/s1. The van der Waals surface area contributed by atoms with Crippen molar-refractivity contribution in [1.29, 1.82) is 0 Å². The van der Waals surface area contributed by atoms with Crippen molar-refractivity contribution in [1.82, 2.24) is 14.8 Å². The van der Waals surface area contributed by atoms with Gasteiger partial charge in [0, 0.05) is 17.1 Å². The number of fused-ring (bicyclic) bond motifs is 1. The van der Waals surface area contributed by atoms with Crippen molar-refractivity contribution in [2.45, 2.75) is 26.0 Å². The molecule has 0 bridgehead atoms. The van der Waals surface area contributed by atoms with E-state index >= 15 is 0 Å². The van der Waals surface area contributed by atoms with Gasteiger partial charge in [-0.1, -0.05) is 0 Å². The number of carbonyl (C=O) groups is 1. The van der Waals surface area contributed by atoms with Crippen LogP contribution >= 0.6 is 0 Å². The minimum absolute atomic E-state index is 0.0228. The van der Waals surface area contributed by atoms with Crippen molar-refractivity contribution in [3.8, 4) is 11.5 Å². The minimum atomic E-state index is -3.06. The quantitative estimate of drug-likeness (QED) is 0.379. The molecule has 174 valence electrons. The maximum atomic E-state index is 12.6. The average Bonchev–Trinajstić information content (AvgIpc) is 3.30. The molecule has 1 fully saturated rings. The van der Waals surface area contributed by atoms with Gasteiger partial charge in [-0.3, -0.25) is 4.79 Å². The lowest BCUT2D eigenvalue weighted by molar-refractivity contribution is -0.0512. The first-order valence-corrected chi connectivity index (χ1v) is 11.9. The number of hydrogen-bond donors (Lipinski definition) is 0. The largest absolute Gasteiger partial charge is 0.493 e. The molecule has 0 N–H and O–H groups in total. The fourth-order valence-electron chi connectivity index (χ4n) is 3.78. The number of nitrogens with zero attached hydrogens (tertiary/aromatic N) is 3. The predicted octanol–water partition coefficient (Wildman–Crippen LogP) is 3.61. The number of aryl methyl sites for hydroxylation is 1. The molecule has 0 aliphatic carbocycles. The Labute approximate surface area is 188 Å². The smallest absolute Gasteiger partial charge is 0.387 e. The van der Waals surface area contributed by atoms with Crippen molar-refractivity contribution in [3.63, 3.8) is 0 Å². The number of methoxy groups -OCH3 is 1. The molecular formula is C22H21F2N3O5S. The van der Waals surface area contributed by atoms with Crippen molar-refractivity contribution in [2.24, 2.45) is 0 Å². The van der Waals surface area contributed by atoms with Gasteiger partial charge in [-0.25, -0.2) is 18.1 Å². The summed E-state index contributed by atoms with van der Waals surface area (Å²) in [6, 6.07) is 5.54. The van der Waals surface area contributed by atoms with Crippen molar-refractivity contribution in [3.05, 3.63) is 53.4 Å². The molecule has 0 saturated carbocycles. The second kappa shape index (κ2) is 8.89. The summed E-state index contributed by atoms with van der Waals surface area (Å²) in [6.07, 6.45) is 5.00. The van der Waals surface area contributed by atoms with E-state index in [9.17, 15) is 22.0 Å². The van der Waals surface area contributed by atoms with E-state index in [1.165, 1.54) is 31.4 Å². The lowest BCUT2D eigenvalue weighted by Gasteiger charge is -2.10. The number of aromatic nitrogens is 3. The van der Waals surface area contributed by atoms with Crippen LogP contribution in [-0.2, 0) is 9.84 Å².